The summed E-state index contributed by atoms with van der Waals surface area (Å²) in [5.41, 5.74) is 0. The summed E-state index contributed by atoms with van der Waals surface area (Å²) in [5, 5.41) is 3.36. The summed E-state index contributed by atoms with van der Waals surface area (Å²) in [6, 6.07) is -0.0353. The van der Waals surface area contributed by atoms with E-state index in [1.807, 2.05) is 11.8 Å². The molecule has 2 aliphatic heterocycles. The maximum absolute atomic E-state index is 12.0. The van der Waals surface area contributed by atoms with Gasteiger partial charge in [-0.25, -0.2) is 0 Å². The van der Waals surface area contributed by atoms with E-state index >= 15 is 0 Å². The molecule has 2 heterocycles. The van der Waals surface area contributed by atoms with Crippen LogP contribution in [0.2, 0.25) is 0 Å². The number of carbonyl (C=O) groups is 1. The number of amides is 1. The van der Waals surface area contributed by atoms with E-state index in [4.69, 9.17) is 4.74 Å². The number of rotatable bonds is 4. The molecule has 2 rings (SSSR count). The van der Waals surface area contributed by atoms with Crippen LogP contribution in [0.5, 0.6) is 0 Å². The van der Waals surface area contributed by atoms with E-state index in [2.05, 4.69) is 19.2 Å². The molecule has 2 aliphatic rings. The van der Waals surface area contributed by atoms with Crippen LogP contribution in [0.3, 0.4) is 0 Å². The normalized spacial score (nSPS) is 34.0. The predicted octanol–water partition coefficient (Wildman–Crippen LogP) is 1.36. The molecule has 0 aromatic heterocycles. The Morgan fingerprint density at radius 1 is 1.53 bits per heavy atom. The van der Waals surface area contributed by atoms with Crippen molar-refractivity contribution < 1.29 is 9.53 Å². The maximum Gasteiger partial charge on any atom is 0.240 e. The lowest BCUT2D eigenvalue weighted by Crippen LogP contribution is -2.42. The van der Waals surface area contributed by atoms with Gasteiger partial charge >= 0.3 is 0 Å². The molecule has 3 unspecified atom stereocenters. The van der Waals surface area contributed by atoms with Gasteiger partial charge in [0.2, 0.25) is 5.91 Å². The fraction of sp³-hybridized carbons (Fsp3) is 0.923. The van der Waals surface area contributed by atoms with Gasteiger partial charge in [-0.05, 0) is 32.1 Å². The zero-order valence-electron chi connectivity index (χ0n) is 11.1. The van der Waals surface area contributed by atoms with Crippen LogP contribution in [-0.4, -0.2) is 42.3 Å². The molecule has 0 spiro atoms. The predicted molar refractivity (Wildman–Crippen MR) is 66.5 cm³/mol. The van der Waals surface area contributed by atoms with Crippen molar-refractivity contribution in [2.75, 3.05) is 13.2 Å². The van der Waals surface area contributed by atoms with Gasteiger partial charge in [0.05, 0.1) is 18.3 Å². The molecule has 0 radical (unpaired) electrons. The first kappa shape index (κ1) is 12.8. The summed E-state index contributed by atoms with van der Waals surface area (Å²) in [6.07, 6.45) is 3.85. The van der Waals surface area contributed by atoms with E-state index in [1.165, 1.54) is 6.42 Å². The van der Waals surface area contributed by atoms with Crippen molar-refractivity contribution in [3.8, 4) is 0 Å². The van der Waals surface area contributed by atoms with Crippen molar-refractivity contribution in [1.82, 2.24) is 10.2 Å². The van der Waals surface area contributed by atoms with Crippen LogP contribution in [0.15, 0.2) is 0 Å². The maximum atomic E-state index is 12.0. The van der Waals surface area contributed by atoms with E-state index in [9.17, 15) is 4.79 Å². The fourth-order valence-corrected chi connectivity index (χ4v) is 2.76. The van der Waals surface area contributed by atoms with Gasteiger partial charge in [0.15, 0.2) is 0 Å². The Bertz CT molecular complexity index is 275. The van der Waals surface area contributed by atoms with Gasteiger partial charge in [0, 0.05) is 13.2 Å². The van der Waals surface area contributed by atoms with Gasteiger partial charge in [-0.2, -0.15) is 0 Å². The van der Waals surface area contributed by atoms with Crippen molar-refractivity contribution in [3.05, 3.63) is 0 Å². The van der Waals surface area contributed by atoms with Crippen molar-refractivity contribution >= 4 is 5.91 Å². The van der Waals surface area contributed by atoms with Crippen molar-refractivity contribution in [2.45, 2.75) is 58.3 Å². The molecule has 0 aromatic rings. The van der Waals surface area contributed by atoms with Crippen LogP contribution in [0.4, 0.5) is 0 Å². The summed E-state index contributed by atoms with van der Waals surface area (Å²) in [7, 11) is 0. The zero-order valence-corrected chi connectivity index (χ0v) is 11.1. The highest BCUT2D eigenvalue weighted by Crippen LogP contribution is 2.21. The third-order valence-corrected chi connectivity index (χ3v) is 3.76. The highest BCUT2D eigenvalue weighted by Gasteiger charge is 2.37. The Hall–Kier alpha value is -0.610. The molecule has 98 valence electrons. The lowest BCUT2D eigenvalue weighted by Gasteiger charge is -2.28. The molecule has 3 atom stereocenters. The summed E-state index contributed by atoms with van der Waals surface area (Å²) in [5.74, 6) is 0.690. The van der Waals surface area contributed by atoms with E-state index in [0.29, 0.717) is 12.0 Å². The Labute approximate surface area is 104 Å². The Morgan fingerprint density at radius 3 is 2.88 bits per heavy atom. The molecular formula is C13H24N2O2. The zero-order chi connectivity index (χ0) is 12.4. The lowest BCUT2D eigenvalue weighted by atomic mass is 10.1. The van der Waals surface area contributed by atoms with Gasteiger partial charge in [-0.1, -0.05) is 13.8 Å². The Kier molecular flexibility index (Phi) is 4.05. The molecule has 0 aromatic carbocycles. The fourth-order valence-electron chi connectivity index (χ4n) is 2.76. The molecule has 1 N–H and O–H groups in total. The number of carbonyl (C=O) groups excluding carboxylic acids is 1. The van der Waals surface area contributed by atoms with Crippen molar-refractivity contribution in [1.29, 1.82) is 0 Å². The number of ether oxygens (including phenoxy) is 1. The minimum atomic E-state index is -0.0353. The highest BCUT2D eigenvalue weighted by atomic mass is 16.5. The van der Waals surface area contributed by atoms with Gasteiger partial charge in [-0.15, -0.1) is 0 Å². The molecule has 17 heavy (non-hydrogen) atoms. The lowest BCUT2D eigenvalue weighted by molar-refractivity contribution is -0.130. The molecule has 0 bridgehead atoms. The number of nitrogens with one attached hydrogen (secondary N) is 1. The van der Waals surface area contributed by atoms with Gasteiger partial charge in [0.1, 0.15) is 0 Å². The van der Waals surface area contributed by atoms with Crippen molar-refractivity contribution in [2.24, 2.45) is 5.92 Å². The van der Waals surface area contributed by atoms with E-state index in [1.54, 1.807) is 0 Å². The van der Waals surface area contributed by atoms with Crippen molar-refractivity contribution in [3.63, 3.8) is 0 Å². The van der Waals surface area contributed by atoms with Crippen LogP contribution < -0.4 is 5.32 Å². The summed E-state index contributed by atoms with van der Waals surface area (Å²) >= 11 is 0. The number of hydrogen-bond acceptors (Lipinski definition) is 3. The van der Waals surface area contributed by atoms with E-state index < -0.39 is 0 Å². The Morgan fingerprint density at radius 2 is 2.29 bits per heavy atom. The molecule has 4 heteroatoms. The molecular weight excluding hydrogens is 216 g/mol. The smallest absolute Gasteiger partial charge is 0.240 e. The van der Waals surface area contributed by atoms with Crippen LogP contribution in [-0.2, 0) is 9.53 Å². The second kappa shape index (κ2) is 5.36. The van der Waals surface area contributed by atoms with E-state index in [0.717, 1.165) is 26.0 Å². The summed E-state index contributed by atoms with van der Waals surface area (Å²) in [4.78, 5) is 14.0. The summed E-state index contributed by atoms with van der Waals surface area (Å²) in [6.45, 7) is 7.97. The third kappa shape index (κ3) is 2.80. The largest absolute Gasteiger partial charge is 0.378 e. The molecule has 4 nitrogen and oxygen atoms in total. The molecule has 0 aliphatic carbocycles. The average molecular weight is 240 g/mol. The first-order valence-electron chi connectivity index (χ1n) is 6.77. The van der Waals surface area contributed by atoms with Gasteiger partial charge < -0.3 is 9.64 Å². The van der Waals surface area contributed by atoms with Crippen LogP contribution >= 0.6 is 0 Å². The monoisotopic (exact) mass is 240 g/mol. The number of nitrogens with zero attached hydrogens (tertiary/aromatic N) is 1. The second-order valence-electron chi connectivity index (χ2n) is 5.53. The molecule has 2 fully saturated rings. The minimum absolute atomic E-state index is 0.0353. The van der Waals surface area contributed by atoms with E-state index in [-0.39, 0.29) is 18.1 Å². The SMILES string of the molecule is CC1NC(C(C)C)N(CCC2CCCO2)C1=O. The highest BCUT2D eigenvalue weighted by molar-refractivity contribution is 5.83. The van der Waals surface area contributed by atoms with Gasteiger partial charge in [-0.3, -0.25) is 10.1 Å². The minimum Gasteiger partial charge on any atom is -0.378 e. The molecule has 2 saturated heterocycles. The first-order valence-corrected chi connectivity index (χ1v) is 6.77. The van der Waals surface area contributed by atoms with Crippen LogP contribution in [0.25, 0.3) is 0 Å². The quantitative estimate of drug-likeness (QED) is 0.806. The topological polar surface area (TPSA) is 41.6 Å². The number of hydrogen-bond donors (Lipinski definition) is 1. The van der Waals surface area contributed by atoms with Crippen LogP contribution in [0, 0.1) is 5.92 Å². The standard InChI is InChI=1S/C13H24N2O2/c1-9(2)12-14-10(3)13(16)15(12)7-6-11-5-4-8-17-11/h9-12,14H,4-8H2,1-3H3. The summed E-state index contributed by atoms with van der Waals surface area (Å²) < 4.78 is 5.61. The average Bonchev–Trinajstić information content (AvgIpc) is 2.87. The molecule has 0 saturated carbocycles. The third-order valence-electron chi connectivity index (χ3n) is 3.76. The van der Waals surface area contributed by atoms with Crippen LogP contribution in [0.1, 0.15) is 40.0 Å². The van der Waals surface area contributed by atoms with Gasteiger partial charge in [0.25, 0.3) is 0 Å². The molecule has 1 amide bonds. The Balaban J connectivity index is 1.89. The first-order chi connectivity index (χ1) is 8.09. The second-order valence-corrected chi connectivity index (χ2v) is 5.53.